The molecule has 0 aliphatic heterocycles. The van der Waals surface area contributed by atoms with Gasteiger partial charge >= 0.3 is 5.69 Å². The van der Waals surface area contributed by atoms with E-state index in [9.17, 15) is 9.59 Å². The Balaban J connectivity index is 1.53. The molecule has 0 radical (unpaired) electrons. The molecule has 126 valence electrons. The van der Waals surface area contributed by atoms with Crippen molar-refractivity contribution < 1.29 is 4.79 Å². The largest absolute Gasteiger partial charge is 0.354 e. The van der Waals surface area contributed by atoms with Gasteiger partial charge in [-0.2, -0.15) is 4.98 Å². The molecule has 1 aromatic heterocycles. The first-order valence-electron chi connectivity index (χ1n) is 8.44. The zero-order valence-electron chi connectivity index (χ0n) is 14.2. The highest BCUT2D eigenvalue weighted by atomic mass is 16.2. The Morgan fingerprint density at radius 3 is 2.92 bits per heavy atom. The monoisotopic (exact) mass is 325 g/mol. The molecule has 1 aliphatic carbocycles. The minimum absolute atomic E-state index is 0.0440. The van der Waals surface area contributed by atoms with Crippen LogP contribution in [0.3, 0.4) is 0 Å². The number of carbonyl (C=O) groups is 1. The van der Waals surface area contributed by atoms with Gasteiger partial charge in [-0.25, -0.2) is 4.79 Å². The van der Waals surface area contributed by atoms with Crippen molar-refractivity contribution in [3.8, 4) is 0 Å². The number of benzene rings is 1. The highest BCUT2D eigenvalue weighted by Crippen LogP contribution is 2.34. The van der Waals surface area contributed by atoms with Gasteiger partial charge in [-0.3, -0.25) is 9.36 Å². The number of hydrogen-bond donors (Lipinski definition) is 1. The van der Waals surface area contributed by atoms with Crippen LogP contribution in [0.25, 0.3) is 0 Å². The molecule has 1 unspecified atom stereocenters. The normalized spacial score (nSPS) is 16.0. The molecule has 1 N–H and O–H groups in total. The fourth-order valence-corrected chi connectivity index (χ4v) is 3.51. The van der Waals surface area contributed by atoms with Crippen LogP contribution in [-0.4, -0.2) is 22.0 Å². The van der Waals surface area contributed by atoms with Crippen molar-refractivity contribution in [2.45, 2.75) is 45.6 Å². The Kier molecular flexibility index (Phi) is 4.79. The number of nitrogens with one attached hydrogen (secondary N) is 1. The fourth-order valence-electron chi connectivity index (χ4n) is 3.51. The molecule has 5 nitrogen and oxygen atoms in total. The molecule has 1 aliphatic rings. The lowest BCUT2D eigenvalue weighted by Gasteiger charge is -2.13. The number of aromatic nitrogens is 2. The van der Waals surface area contributed by atoms with E-state index in [-0.39, 0.29) is 11.6 Å². The maximum Gasteiger partial charge on any atom is 0.348 e. The Labute approximate surface area is 141 Å². The highest BCUT2D eigenvalue weighted by molar-refractivity contribution is 5.77. The molecule has 1 aromatic carbocycles. The number of aryl methyl sites for hydroxylation is 3. The van der Waals surface area contributed by atoms with Crippen LogP contribution in [0.2, 0.25) is 0 Å². The molecule has 1 atom stereocenters. The molecular formula is C19H23N3O2. The number of rotatable bonds is 5. The molecule has 2 aromatic rings. The van der Waals surface area contributed by atoms with Crippen molar-refractivity contribution in [3.05, 3.63) is 63.3 Å². The zero-order chi connectivity index (χ0) is 17.1. The average molecular weight is 325 g/mol. The predicted octanol–water partition coefficient (Wildman–Crippen LogP) is 2.10. The van der Waals surface area contributed by atoms with Crippen molar-refractivity contribution in [2.75, 3.05) is 6.54 Å². The smallest absolute Gasteiger partial charge is 0.348 e. The van der Waals surface area contributed by atoms with Crippen molar-refractivity contribution >= 4 is 5.91 Å². The van der Waals surface area contributed by atoms with Crippen molar-refractivity contribution in [2.24, 2.45) is 0 Å². The maximum atomic E-state index is 12.2. The van der Waals surface area contributed by atoms with E-state index in [0.717, 1.165) is 24.2 Å². The topological polar surface area (TPSA) is 64.0 Å². The van der Waals surface area contributed by atoms with Gasteiger partial charge in [0.15, 0.2) is 0 Å². The first kappa shape index (κ1) is 16.4. The second-order valence-electron chi connectivity index (χ2n) is 6.46. The number of hydrogen-bond acceptors (Lipinski definition) is 3. The van der Waals surface area contributed by atoms with Crippen LogP contribution in [-0.2, 0) is 17.8 Å². The molecular weight excluding hydrogens is 302 g/mol. The van der Waals surface area contributed by atoms with Gasteiger partial charge in [0.25, 0.3) is 0 Å². The minimum atomic E-state index is -0.258. The van der Waals surface area contributed by atoms with E-state index in [1.165, 1.54) is 11.1 Å². The minimum Gasteiger partial charge on any atom is -0.354 e. The standard InChI is InChI=1S/C19H23N3O2/c1-13-11-14(2)22(19(24)21-13)10-9-20-18(23)12-16-8-7-15-5-3-4-6-17(15)16/h3-6,11,16H,7-10,12H2,1-2H3,(H,20,23). The Morgan fingerprint density at radius 2 is 2.12 bits per heavy atom. The second kappa shape index (κ2) is 6.99. The molecule has 0 bridgehead atoms. The lowest BCUT2D eigenvalue weighted by Crippen LogP contribution is -2.33. The molecule has 0 saturated carbocycles. The maximum absolute atomic E-state index is 12.2. The highest BCUT2D eigenvalue weighted by Gasteiger charge is 2.23. The summed E-state index contributed by atoms with van der Waals surface area (Å²) in [4.78, 5) is 28.0. The molecule has 5 heteroatoms. The van der Waals surface area contributed by atoms with Crippen LogP contribution in [0, 0.1) is 13.8 Å². The summed E-state index contributed by atoms with van der Waals surface area (Å²) in [5.41, 5.74) is 4.00. The summed E-state index contributed by atoms with van der Waals surface area (Å²) in [5.74, 6) is 0.356. The van der Waals surface area contributed by atoms with E-state index >= 15 is 0 Å². The van der Waals surface area contributed by atoms with Gasteiger partial charge in [0.2, 0.25) is 5.91 Å². The SMILES string of the molecule is Cc1cc(C)n(CCNC(=O)CC2CCc3ccccc32)c(=O)n1. The number of nitrogens with zero attached hydrogens (tertiary/aromatic N) is 2. The summed E-state index contributed by atoms with van der Waals surface area (Å²) in [6.45, 7) is 4.58. The van der Waals surface area contributed by atoms with E-state index in [1.54, 1.807) is 11.5 Å². The second-order valence-corrected chi connectivity index (χ2v) is 6.46. The van der Waals surface area contributed by atoms with Crippen LogP contribution >= 0.6 is 0 Å². The summed E-state index contributed by atoms with van der Waals surface area (Å²) in [6, 6.07) is 10.2. The quantitative estimate of drug-likeness (QED) is 0.915. The third-order valence-electron chi connectivity index (χ3n) is 4.69. The van der Waals surface area contributed by atoms with Crippen LogP contribution in [0.4, 0.5) is 0 Å². The molecule has 3 rings (SSSR count). The lowest BCUT2D eigenvalue weighted by molar-refractivity contribution is -0.121. The van der Waals surface area contributed by atoms with Gasteiger partial charge in [-0.05, 0) is 49.8 Å². The van der Waals surface area contributed by atoms with Gasteiger partial charge in [-0.1, -0.05) is 24.3 Å². The van der Waals surface area contributed by atoms with E-state index < -0.39 is 0 Å². The van der Waals surface area contributed by atoms with Gasteiger partial charge < -0.3 is 5.32 Å². The average Bonchev–Trinajstić information content (AvgIpc) is 2.93. The molecule has 0 fully saturated rings. The van der Waals surface area contributed by atoms with Gasteiger partial charge in [0, 0.05) is 30.9 Å². The Bertz CT molecular complexity index is 810. The molecule has 1 heterocycles. The molecule has 0 saturated heterocycles. The van der Waals surface area contributed by atoms with E-state index in [4.69, 9.17) is 0 Å². The first-order valence-corrected chi connectivity index (χ1v) is 8.44. The van der Waals surface area contributed by atoms with Crippen LogP contribution in [0.15, 0.2) is 35.1 Å². The third-order valence-corrected chi connectivity index (χ3v) is 4.69. The molecule has 1 amide bonds. The summed E-state index contributed by atoms with van der Waals surface area (Å²) >= 11 is 0. The Morgan fingerprint density at radius 1 is 1.33 bits per heavy atom. The number of amides is 1. The summed E-state index contributed by atoms with van der Waals surface area (Å²) in [6.07, 6.45) is 2.60. The lowest BCUT2D eigenvalue weighted by atomic mass is 9.97. The van der Waals surface area contributed by atoms with E-state index in [1.807, 2.05) is 19.1 Å². The van der Waals surface area contributed by atoms with Gasteiger partial charge in [0.05, 0.1) is 0 Å². The predicted molar refractivity (Wildman–Crippen MR) is 93.1 cm³/mol. The van der Waals surface area contributed by atoms with Gasteiger partial charge in [-0.15, -0.1) is 0 Å². The van der Waals surface area contributed by atoms with Crippen molar-refractivity contribution in [1.29, 1.82) is 0 Å². The van der Waals surface area contributed by atoms with Gasteiger partial charge in [0.1, 0.15) is 0 Å². The fraction of sp³-hybridized carbons (Fsp3) is 0.421. The van der Waals surface area contributed by atoms with Crippen LogP contribution < -0.4 is 11.0 Å². The van der Waals surface area contributed by atoms with Crippen molar-refractivity contribution in [3.63, 3.8) is 0 Å². The van der Waals surface area contributed by atoms with Crippen LogP contribution in [0.1, 0.15) is 41.3 Å². The Hall–Kier alpha value is -2.43. The van der Waals surface area contributed by atoms with E-state index in [0.29, 0.717) is 25.4 Å². The first-order chi connectivity index (χ1) is 11.5. The zero-order valence-corrected chi connectivity index (χ0v) is 14.2. The summed E-state index contributed by atoms with van der Waals surface area (Å²) < 4.78 is 1.60. The summed E-state index contributed by atoms with van der Waals surface area (Å²) in [5, 5.41) is 2.93. The van der Waals surface area contributed by atoms with E-state index in [2.05, 4.69) is 28.5 Å². The summed E-state index contributed by atoms with van der Waals surface area (Å²) in [7, 11) is 0. The van der Waals surface area contributed by atoms with Crippen molar-refractivity contribution in [1.82, 2.24) is 14.9 Å². The number of carbonyl (C=O) groups excluding carboxylic acids is 1. The number of fused-ring (bicyclic) bond motifs is 1. The molecule has 24 heavy (non-hydrogen) atoms. The van der Waals surface area contributed by atoms with Crippen LogP contribution in [0.5, 0.6) is 0 Å². The molecule has 0 spiro atoms. The third kappa shape index (κ3) is 3.55.